The van der Waals surface area contributed by atoms with Crippen LogP contribution in [0.3, 0.4) is 0 Å². The number of aliphatic hydroxyl groups is 1. The summed E-state index contributed by atoms with van der Waals surface area (Å²) in [7, 11) is 2.13. The number of aliphatic hydroxyl groups excluding tert-OH is 1. The van der Waals surface area contributed by atoms with Gasteiger partial charge in [-0.05, 0) is 37.3 Å². The molecule has 0 aromatic heterocycles. The average molecular weight is 261 g/mol. The van der Waals surface area contributed by atoms with Crippen molar-refractivity contribution in [3.63, 3.8) is 0 Å². The van der Waals surface area contributed by atoms with Crippen LogP contribution in [0.15, 0.2) is 30.3 Å². The van der Waals surface area contributed by atoms with Crippen molar-refractivity contribution in [2.24, 2.45) is 11.8 Å². The van der Waals surface area contributed by atoms with Crippen LogP contribution in [0.2, 0.25) is 0 Å². The van der Waals surface area contributed by atoms with E-state index in [0.29, 0.717) is 5.92 Å². The molecule has 19 heavy (non-hydrogen) atoms. The first kappa shape index (κ1) is 14.4. The van der Waals surface area contributed by atoms with Gasteiger partial charge in [-0.25, -0.2) is 0 Å². The van der Waals surface area contributed by atoms with Gasteiger partial charge < -0.3 is 10.0 Å². The Morgan fingerprint density at radius 1 is 1.21 bits per heavy atom. The van der Waals surface area contributed by atoms with Gasteiger partial charge in [0, 0.05) is 25.2 Å². The Morgan fingerprint density at radius 2 is 1.95 bits per heavy atom. The van der Waals surface area contributed by atoms with E-state index in [4.69, 9.17) is 0 Å². The Labute approximate surface area is 117 Å². The summed E-state index contributed by atoms with van der Waals surface area (Å²) in [6.07, 6.45) is 5.85. The number of para-hydroxylation sites is 1. The molecule has 3 unspecified atom stereocenters. The summed E-state index contributed by atoms with van der Waals surface area (Å²) in [4.78, 5) is 2.28. The first-order valence-electron chi connectivity index (χ1n) is 7.65. The molecule has 1 aliphatic rings. The van der Waals surface area contributed by atoms with Gasteiger partial charge in [-0.15, -0.1) is 0 Å². The molecule has 2 rings (SSSR count). The summed E-state index contributed by atoms with van der Waals surface area (Å²) in [5.41, 5.74) is 1.24. The molecule has 0 amide bonds. The lowest BCUT2D eigenvalue weighted by Gasteiger charge is -2.36. The molecule has 0 bridgehead atoms. The van der Waals surface area contributed by atoms with E-state index in [2.05, 4.69) is 43.1 Å². The maximum absolute atomic E-state index is 10.2. The maximum atomic E-state index is 10.2. The van der Waals surface area contributed by atoms with Crippen molar-refractivity contribution in [2.75, 3.05) is 18.5 Å². The second-order valence-electron chi connectivity index (χ2n) is 6.01. The summed E-state index contributed by atoms with van der Waals surface area (Å²) >= 11 is 0. The predicted octanol–water partition coefficient (Wildman–Crippen LogP) is 3.70. The highest BCUT2D eigenvalue weighted by Crippen LogP contribution is 2.33. The largest absolute Gasteiger partial charge is 0.393 e. The number of nitrogens with zero attached hydrogens (tertiary/aromatic N) is 1. The molecular weight excluding hydrogens is 234 g/mol. The van der Waals surface area contributed by atoms with E-state index >= 15 is 0 Å². The van der Waals surface area contributed by atoms with E-state index < -0.39 is 0 Å². The molecule has 1 aliphatic carbocycles. The normalized spacial score (nSPS) is 27.2. The van der Waals surface area contributed by atoms with Crippen molar-refractivity contribution in [2.45, 2.75) is 45.1 Å². The minimum atomic E-state index is -0.112. The average Bonchev–Trinajstić information content (AvgIpc) is 2.44. The van der Waals surface area contributed by atoms with E-state index in [1.807, 2.05) is 6.07 Å². The van der Waals surface area contributed by atoms with Crippen LogP contribution < -0.4 is 4.90 Å². The summed E-state index contributed by atoms with van der Waals surface area (Å²) in [5.74, 6) is 1.25. The molecule has 1 aromatic rings. The minimum Gasteiger partial charge on any atom is -0.393 e. The first-order valence-corrected chi connectivity index (χ1v) is 7.65. The Hall–Kier alpha value is -1.02. The third kappa shape index (κ3) is 3.97. The molecule has 106 valence electrons. The molecule has 1 saturated carbocycles. The fourth-order valence-electron chi connectivity index (χ4n) is 3.35. The van der Waals surface area contributed by atoms with Crippen molar-refractivity contribution in [3.05, 3.63) is 30.3 Å². The SMILES string of the molecule is CCCC1CCC(O)C(CN(C)c2ccccc2)C1. The molecule has 0 heterocycles. The fraction of sp³-hybridized carbons (Fsp3) is 0.647. The van der Waals surface area contributed by atoms with Crippen molar-refractivity contribution in [3.8, 4) is 0 Å². The first-order chi connectivity index (χ1) is 9.20. The molecule has 1 fully saturated rings. The Balaban J connectivity index is 1.93. The highest BCUT2D eigenvalue weighted by Gasteiger charge is 2.29. The van der Waals surface area contributed by atoms with Crippen LogP contribution in [-0.4, -0.2) is 24.8 Å². The van der Waals surface area contributed by atoms with E-state index in [0.717, 1.165) is 18.9 Å². The van der Waals surface area contributed by atoms with E-state index in [1.54, 1.807) is 0 Å². The molecule has 2 heteroatoms. The highest BCUT2D eigenvalue weighted by molar-refractivity contribution is 5.45. The summed E-state index contributed by atoms with van der Waals surface area (Å²) in [5, 5.41) is 10.2. The monoisotopic (exact) mass is 261 g/mol. The van der Waals surface area contributed by atoms with Crippen LogP contribution in [0, 0.1) is 11.8 Å². The van der Waals surface area contributed by atoms with E-state index in [9.17, 15) is 5.11 Å². The zero-order valence-electron chi connectivity index (χ0n) is 12.3. The van der Waals surface area contributed by atoms with Crippen LogP contribution >= 0.6 is 0 Å². The van der Waals surface area contributed by atoms with Crippen LogP contribution in [-0.2, 0) is 0 Å². The second kappa shape index (κ2) is 6.95. The maximum Gasteiger partial charge on any atom is 0.0585 e. The van der Waals surface area contributed by atoms with Crippen molar-refractivity contribution in [1.29, 1.82) is 0 Å². The number of hydrogen-bond acceptors (Lipinski definition) is 2. The number of anilines is 1. The van der Waals surface area contributed by atoms with Crippen LogP contribution in [0.25, 0.3) is 0 Å². The standard InChI is InChI=1S/C17H27NO/c1-3-7-14-10-11-17(19)15(12-14)13-18(2)16-8-5-4-6-9-16/h4-6,8-9,14-15,17,19H,3,7,10-13H2,1-2H3. The third-order valence-electron chi connectivity index (χ3n) is 4.45. The molecule has 0 spiro atoms. The van der Waals surface area contributed by atoms with Crippen LogP contribution in [0.5, 0.6) is 0 Å². The third-order valence-corrected chi connectivity index (χ3v) is 4.45. The predicted molar refractivity (Wildman–Crippen MR) is 81.5 cm³/mol. The zero-order chi connectivity index (χ0) is 13.7. The molecule has 0 saturated heterocycles. The van der Waals surface area contributed by atoms with Gasteiger partial charge in [0.15, 0.2) is 0 Å². The van der Waals surface area contributed by atoms with Gasteiger partial charge in [0.2, 0.25) is 0 Å². The molecule has 1 aromatic carbocycles. The molecule has 1 N–H and O–H groups in total. The number of hydrogen-bond donors (Lipinski definition) is 1. The zero-order valence-corrected chi connectivity index (χ0v) is 12.3. The van der Waals surface area contributed by atoms with Crippen molar-refractivity contribution < 1.29 is 5.11 Å². The van der Waals surface area contributed by atoms with Crippen molar-refractivity contribution >= 4 is 5.69 Å². The molecule has 0 aliphatic heterocycles. The Morgan fingerprint density at radius 3 is 2.63 bits per heavy atom. The van der Waals surface area contributed by atoms with Crippen LogP contribution in [0.4, 0.5) is 5.69 Å². The van der Waals surface area contributed by atoms with E-state index in [-0.39, 0.29) is 6.10 Å². The molecular formula is C17H27NO. The van der Waals surface area contributed by atoms with Crippen LogP contribution in [0.1, 0.15) is 39.0 Å². The van der Waals surface area contributed by atoms with Crippen molar-refractivity contribution in [1.82, 2.24) is 0 Å². The lowest BCUT2D eigenvalue weighted by Crippen LogP contribution is -2.37. The minimum absolute atomic E-state index is 0.112. The molecule has 3 atom stereocenters. The molecule has 0 radical (unpaired) electrons. The van der Waals surface area contributed by atoms with Gasteiger partial charge in [-0.3, -0.25) is 0 Å². The van der Waals surface area contributed by atoms with E-state index in [1.165, 1.54) is 31.4 Å². The van der Waals surface area contributed by atoms with Gasteiger partial charge in [0.25, 0.3) is 0 Å². The summed E-state index contributed by atoms with van der Waals surface area (Å²) in [6, 6.07) is 10.5. The summed E-state index contributed by atoms with van der Waals surface area (Å²) in [6.45, 7) is 3.22. The number of benzene rings is 1. The smallest absolute Gasteiger partial charge is 0.0585 e. The molecule has 2 nitrogen and oxygen atoms in total. The van der Waals surface area contributed by atoms with Gasteiger partial charge >= 0.3 is 0 Å². The van der Waals surface area contributed by atoms with Gasteiger partial charge in [0.1, 0.15) is 0 Å². The Bertz CT molecular complexity index is 365. The lowest BCUT2D eigenvalue weighted by molar-refractivity contribution is 0.0499. The van der Waals surface area contributed by atoms with Gasteiger partial charge in [-0.2, -0.15) is 0 Å². The lowest BCUT2D eigenvalue weighted by atomic mass is 9.77. The quantitative estimate of drug-likeness (QED) is 0.873. The second-order valence-corrected chi connectivity index (χ2v) is 6.01. The van der Waals surface area contributed by atoms with Gasteiger partial charge in [-0.1, -0.05) is 38.0 Å². The van der Waals surface area contributed by atoms with Gasteiger partial charge in [0.05, 0.1) is 6.10 Å². The number of rotatable bonds is 5. The summed E-state index contributed by atoms with van der Waals surface area (Å²) < 4.78 is 0. The fourth-order valence-corrected chi connectivity index (χ4v) is 3.35. The Kier molecular flexibility index (Phi) is 5.26. The topological polar surface area (TPSA) is 23.5 Å². The highest BCUT2D eigenvalue weighted by atomic mass is 16.3.